The van der Waals surface area contributed by atoms with Crippen molar-refractivity contribution in [2.75, 3.05) is 0 Å². The van der Waals surface area contributed by atoms with Crippen molar-refractivity contribution in [1.82, 2.24) is 5.32 Å². The van der Waals surface area contributed by atoms with E-state index in [0.29, 0.717) is 5.92 Å². The molecule has 2 atom stereocenters. The number of thiophene rings is 1. The molecule has 78 valence electrons. The minimum atomic E-state index is 0.0489. The first-order valence-corrected chi connectivity index (χ1v) is 5.87. The molecule has 14 heavy (non-hydrogen) atoms. The lowest BCUT2D eigenvalue weighted by molar-refractivity contribution is 0.0932. The number of carbonyl (C=O) groups excluding carboxylic acids is 1. The maximum absolute atomic E-state index is 11.6. The normalized spacial score (nSPS) is 14.8. The summed E-state index contributed by atoms with van der Waals surface area (Å²) in [4.78, 5) is 12.4. The Hall–Kier alpha value is -0.830. The van der Waals surface area contributed by atoms with Crippen molar-refractivity contribution in [3.8, 4) is 0 Å². The molecule has 0 aliphatic rings. The van der Waals surface area contributed by atoms with Crippen molar-refractivity contribution in [2.45, 2.75) is 33.2 Å². The first-order chi connectivity index (χ1) is 6.65. The van der Waals surface area contributed by atoms with Crippen LogP contribution in [0.3, 0.4) is 0 Å². The highest BCUT2D eigenvalue weighted by atomic mass is 32.1. The zero-order valence-electron chi connectivity index (χ0n) is 8.91. The molecule has 0 spiro atoms. The second-order valence-corrected chi connectivity index (χ2v) is 4.57. The lowest BCUT2D eigenvalue weighted by Crippen LogP contribution is -2.36. The summed E-state index contributed by atoms with van der Waals surface area (Å²) in [6, 6.07) is 3.99. The SMILES string of the molecule is CCC(C)C(C)NC(=O)c1cccs1. The van der Waals surface area contributed by atoms with E-state index in [4.69, 9.17) is 0 Å². The Morgan fingerprint density at radius 2 is 2.29 bits per heavy atom. The standard InChI is InChI=1S/C11H17NOS/c1-4-8(2)9(3)12-11(13)10-6-5-7-14-10/h5-9H,4H2,1-3H3,(H,12,13). The third-order valence-corrected chi connectivity index (χ3v) is 3.47. The van der Waals surface area contributed by atoms with Crippen LogP contribution in [0.25, 0.3) is 0 Å². The van der Waals surface area contributed by atoms with Gasteiger partial charge >= 0.3 is 0 Å². The number of hydrogen-bond donors (Lipinski definition) is 1. The Morgan fingerprint density at radius 3 is 2.79 bits per heavy atom. The first kappa shape index (κ1) is 11.2. The molecule has 1 amide bonds. The minimum absolute atomic E-state index is 0.0489. The number of amides is 1. The van der Waals surface area contributed by atoms with Gasteiger partial charge in [-0.2, -0.15) is 0 Å². The molecular weight excluding hydrogens is 194 g/mol. The molecule has 3 heteroatoms. The summed E-state index contributed by atoms with van der Waals surface area (Å²) in [5, 5.41) is 4.92. The van der Waals surface area contributed by atoms with Crippen LogP contribution in [0.15, 0.2) is 17.5 Å². The molecule has 1 heterocycles. The number of hydrogen-bond acceptors (Lipinski definition) is 2. The second kappa shape index (κ2) is 5.15. The van der Waals surface area contributed by atoms with Gasteiger partial charge in [-0.3, -0.25) is 4.79 Å². The Labute approximate surface area is 89.3 Å². The summed E-state index contributed by atoms with van der Waals surface area (Å²) >= 11 is 1.48. The Kier molecular flexibility index (Phi) is 4.14. The van der Waals surface area contributed by atoms with Gasteiger partial charge in [-0.15, -0.1) is 11.3 Å². The van der Waals surface area contributed by atoms with Gasteiger partial charge in [0.15, 0.2) is 0 Å². The van der Waals surface area contributed by atoms with Gasteiger partial charge in [-0.25, -0.2) is 0 Å². The molecule has 1 rings (SSSR count). The summed E-state index contributed by atoms with van der Waals surface area (Å²) in [5.41, 5.74) is 0. The van der Waals surface area contributed by atoms with Crippen LogP contribution in [-0.4, -0.2) is 11.9 Å². The fourth-order valence-electron chi connectivity index (χ4n) is 1.18. The van der Waals surface area contributed by atoms with Crippen molar-refractivity contribution in [3.05, 3.63) is 22.4 Å². The zero-order valence-corrected chi connectivity index (χ0v) is 9.73. The molecule has 0 radical (unpaired) electrons. The van der Waals surface area contributed by atoms with Gasteiger partial charge in [-0.1, -0.05) is 26.3 Å². The smallest absolute Gasteiger partial charge is 0.261 e. The van der Waals surface area contributed by atoms with Crippen molar-refractivity contribution in [3.63, 3.8) is 0 Å². The van der Waals surface area contributed by atoms with Gasteiger partial charge < -0.3 is 5.32 Å². The van der Waals surface area contributed by atoms with Gasteiger partial charge in [0.2, 0.25) is 0 Å². The molecule has 0 aliphatic carbocycles. The Morgan fingerprint density at radius 1 is 1.57 bits per heavy atom. The monoisotopic (exact) mass is 211 g/mol. The highest BCUT2D eigenvalue weighted by Crippen LogP contribution is 2.11. The average Bonchev–Trinajstić information content (AvgIpc) is 2.69. The van der Waals surface area contributed by atoms with E-state index in [0.717, 1.165) is 11.3 Å². The first-order valence-electron chi connectivity index (χ1n) is 4.99. The highest BCUT2D eigenvalue weighted by Gasteiger charge is 2.14. The van der Waals surface area contributed by atoms with E-state index < -0.39 is 0 Å². The van der Waals surface area contributed by atoms with Crippen LogP contribution >= 0.6 is 11.3 Å². The summed E-state index contributed by atoms with van der Waals surface area (Å²) in [5.74, 6) is 0.576. The Bertz CT molecular complexity index is 281. The summed E-state index contributed by atoms with van der Waals surface area (Å²) in [6.07, 6.45) is 1.09. The fourth-order valence-corrected chi connectivity index (χ4v) is 1.81. The van der Waals surface area contributed by atoms with Crippen LogP contribution in [0.1, 0.15) is 36.9 Å². The van der Waals surface area contributed by atoms with Crippen LogP contribution < -0.4 is 5.32 Å². The predicted octanol–water partition coefficient (Wildman–Crippen LogP) is 2.91. The third kappa shape index (κ3) is 2.84. The van der Waals surface area contributed by atoms with E-state index in [9.17, 15) is 4.79 Å². The lowest BCUT2D eigenvalue weighted by Gasteiger charge is -2.19. The van der Waals surface area contributed by atoms with Gasteiger partial charge in [0.1, 0.15) is 0 Å². The highest BCUT2D eigenvalue weighted by molar-refractivity contribution is 7.12. The van der Waals surface area contributed by atoms with Crippen LogP contribution in [-0.2, 0) is 0 Å². The molecule has 0 saturated heterocycles. The topological polar surface area (TPSA) is 29.1 Å². The van der Waals surface area contributed by atoms with Crippen molar-refractivity contribution < 1.29 is 4.79 Å². The molecule has 0 saturated carbocycles. The molecule has 0 aliphatic heterocycles. The quantitative estimate of drug-likeness (QED) is 0.815. The van der Waals surface area contributed by atoms with Crippen LogP contribution in [0.5, 0.6) is 0 Å². The molecule has 0 bridgehead atoms. The van der Waals surface area contributed by atoms with Crippen molar-refractivity contribution in [1.29, 1.82) is 0 Å². The Balaban J connectivity index is 2.49. The van der Waals surface area contributed by atoms with E-state index in [1.807, 2.05) is 17.5 Å². The van der Waals surface area contributed by atoms with Crippen molar-refractivity contribution in [2.24, 2.45) is 5.92 Å². The zero-order chi connectivity index (χ0) is 10.6. The maximum atomic E-state index is 11.6. The van der Waals surface area contributed by atoms with E-state index >= 15 is 0 Å². The summed E-state index contributed by atoms with van der Waals surface area (Å²) in [6.45, 7) is 6.34. The van der Waals surface area contributed by atoms with Gasteiger partial charge in [0.05, 0.1) is 4.88 Å². The van der Waals surface area contributed by atoms with Gasteiger partial charge in [-0.05, 0) is 24.3 Å². The van der Waals surface area contributed by atoms with Crippen molar-refractivity contribution >= 4 is 17.2 Å². The van der Waals surface area contributed by atoms with E-state index in [1.54, 1.807) is 0 Å². The molecule has 2 nitrogen and oxygen atoms in total. The molecule has 1 aromatic heterocycles. The summed E-state index contributed by atoms with van der Waals surface area (Å²) in [7, 11) is 0. The lowest BCUT2D eigenvalue weighted by atomic mass is 10.0. The second-order valence-electron chi connectivity index (χ2n) is 3.62. The van der Waals surface area contributed by atoms with Crippen LogP contribution in [0.4, 0.5) is 0 Å². The van der Waals surface area contributed by atoms with Crippen LogP contribution in [0.2, 0.25) is 0 Å². The van der Waals surface area contributed by atoms with Gasteiger partial charge in [0.25, 0.3) is 5.91 Å². The average molecular weight is 211 g/mol. The maximum Gasteiger partial charge on any atom is 0.261 e. The molecule has 0 aromatic carbocycles. The molecule has 1 N–H and O–H groups in total. The molecule has 1 aromatic rings. The van der Waals surface area contributed by atoms with Gasteiger partial charge in [0, 0.05) is 6.04 Å². The predicted molar refractivity (Wildman–Crippen MR) is 60.7 cm³/mol. The van der Waals surface area contributed by atoms with E-state index in [2.05, 4.69) is 26.1 Å². The number of carbonyl (C=O) groups is 1. The third-order valence-electron chi connectivity index (χ3n) is 2.60. The van der Waals surface area contributed by atoms with E-state index in [-0.39, 0.29) is 11.9 Å². The number of nitrogens with one attached hydrogen (secondary N) is 1. The molecular formula is C11H17NOS. The minimum Gasteiger partial charge on any atom is -0.349 e. The molecule has 0 fully saturated rings. The van der Waals surface area contributed by atoms with Crippen LogP contribution in [0, 0.1) is 5.92 Å². The van der Waals surface area contributed by atoms with E-state index in [1.165, 1.54) is 11.3 Å². The number of rotatable bonds is 4. The molecule has 2 unspecified atom stereocenters. The summed E-state index contributed by atoms with van der Waals surface area (Å²) < 4.78 is 0. The fraction of sp³-hybridized carbons (Fsp3) is 0.545. The largest absolute Gasteiger partial charge is 0.349 e.